The van der Waals surface area contributed by atoms with Crippen LogP contribution in [0.4, 0.5) is 0 Å². The van der Waals surface area contributed by atoms with Crippen molar-refractivity contribution in [1.29, 1.82) is 0 Å². The first-order valence-corrected chi connectivity index (χ1v) is 6.17. The van der Waals surface area contributed by atoms with E-state index < -0.39 is 0 Å². The van der Waals surface area contributed by atoms with Crippen LogP contribution < -0.4 is 5.56 Å². The fourth-order valence-corrected chi connectivity index (χ4v) is 2.28. The monoisotopic (exact) mass is 266 g/mol. The lowest BCUT2D eigenvalue weighted by Crippen LogP contribution is -2.13. The molecule has 1 N–H and O–H groups in total. The van der Waals surface area contributed by atoms with E-state index in [1.807, 2.05) is 35.0 Å². The molecule has 20 heavy (non-hydrogen) atoms. The Morgan fingerprint density at radius 2 is 2.20 bits per heavy atom. The van der Waals surface area contributed by atoms with E-state index in [0.29, 0.717) is 23.5 Å². The maximum atomic E-state index is 12.1. The van der Waals surface area contributed by atoms with Crippen LogP contribution in [0.1, 0.15) is 5.82 Å². The molecule has 3 heterocycles. The van der Waals surface area contributed by atoms with Gasteiger partial charge in [0.15, 0.2) is 0 Å². The Morgan fingerprint density at radius 3 is 3.05 bits per heavy atom. The first-order valence-electron chi connectivity index (χ1n) is 6.17. The minimum atomic E-state index is -0.263. The van der Waals surface area contributed by atoms with Crippen molar-refractivity contribution in [3.05, 3.63) is 59.2 Å². The van der Waals surface area contributed by atoms with Gasteiger partial charge in [0.1, 0.15) is 16.9 Å². The van der Waals surface area contributed by atoms with Crippen molar-refractivity contribution in [3.63, 3.8) is 0 Å². The number of fused-ring (bicyclic) bond motifs is 3. The molecule has 0 atom stereocenters. The van der Waals surface area contributed by atoms with Crippen LogP contribution in [0.5, 0.6) is 0 Å². The molecule has 0 unspecified atom stereocenters. The molecule has 0 aliphatic rings. The highest BCUT2D eigenvalue weighted by atomic mass is 16.3. The molecule has 4 aromatic rings. The van der Waals surface area contributed by atoms with E-state index in [-0.39, 0.29) is 11.1 Å². The highest BCUT2D eigenvalue weighted by Gasteiger charge is 2.12. The molecular formula is C14H10N4O2. The predicted molar refractivity (Wildman–Crippen MR) is 73.5 cm³/mol. The number of furan rings is 1. The molecule has 0 saturated carbocycles. The summed E-state index contributed by atoms with van der Waals surface area (Å²) in [6.45, 7) is 0.463. The van der Waals surface area contributed by atoms with Crippen molar-refractivity contribution < 1.29 is 4.42 Å². The number of para-hydroxylation sites is 1. The van der Waals surface area contributed by atoms with Gasteiger partial charge in [-0.1, -0.05) is 12.1 Å². The van der Waals surface area contributed by atoms with Crippen LogP contribution in [0.25, 0.3) is 22.1 Å². The quantitative estimate of drug-likeness (QED) is 0.601. The first kappa shape index (κ1) is 11.0. The molecule has 6 nitrogen and oxygen atoms in total. The number of nitrogens with one attached hydrogen (secondary N) is 1. The Kier molecular flexibility index (Phi) is 2.23. The Labute approximate surface area is 112 Å². The molecule has 0 fully saturated rings. The normalized spacial score (nSPS) is 11.4. The summed E-state index contributed by atoms with van der Waals surface area (Å²) in [5.74, 6) is 0.576. The van der Waals surface area contributed by atoms with Crippen molar-refractivity contribution >= 4 is 22.1 Å². The number of benzene rings is 1. The van der Waals surface area contributed by atoms with Gasteiger partial charge in [0.05, 0.1) is 12.9 Å². The predicted octanol–water partition coefficient (Wildman–Crippen LogP) is 1.91. The van der Waals surface area contributed by atoms with Gasteiger partial charge in [-0.15, -0.1) is 0 Å². The van der Waals surface area contributed by atoms with Crippen LogP contribution >= 0.6 is 0 Å². The van der Waals surface area contributed by atoms with Crippen LogP contribution in [-0.4, -0.2) is 19.5 Å². The zero-order valence-corrected chi connectivity index (χ0v) is 10.4. The second kappa shape index (κ2) is 4.06. The number of H-pyrrole nitrogens is 1. The van der Waals surface area contributed by atoms with Crippen LogP contribution in [-0.2, 0) is 6.54 Å². The van der Waals surface area contributed by atoms with Crippen LogP contribution in [0, 0.1) is 0 Å². The molecule has 4 rings (SSSR count). The van der Waals surface area contributed by atoms with E-state index in [9.17, 15) is 4.79 Å². The number of hydrogen-bond donors (Lipinski definition) is 1. The Bertz CT molecular complexity index is 950. The summed E-state index contributed by atoms with van der Waals surface area (Å²) in [6, 6.07) is 7.49. The first-order chi connectivity index (χ1) is 9.81. The topological polar surface area (TPSA) is 76.7 Å². The molecule has 0 radical (unpaired) electrons. The summed E-state index contributed by atoms with van der Waals surface area (Å²) >= 11 is 0. The summed E-state index contributed by atoms with van der Waals surface area (Å²) < 4.78 is 7.39. The van der Waals surface area contributed by atoms with E-state index in [1.54, 1.807) is 12.5 Å². The minimum Gasteiger partial charge on any atom is -0.449 e. The smallest absolute Gasteiger partial charge is 0.294 e. The number of imidazole rings is 1. The van der Waals surface area contributed by atoms with Gasteiger partial charge in [0, 0.05) is 17.8 Å². The largest absolute Gasteiger partial charge is 0.449 e. The molecule has 6 heteroatoms. The van der Waals surface area contributed by atoms with Crippen LogP contribution in [0.3, 0.4) is 0 Å². The van der Waals surface area contributed by atoms with Gasteiger partial charge in [-0.2, -0.15) is 0 Å². The Hall–Kier alpha value is -2.89. The fraction of sp³-hybridized carbons (Fsp3) is 0.0714. The van der Waals surface area contributed by atoms with Gasteiger partial charge in [-0.25, -0.2) is 9.97 Å². The van der Waals surface area contributed by atoms with E-state index >= 15 is 0 Å². The lowest BCUT2D eigenvalue weighted by molar-refractivity contribution is 0.656. The van der Waals surface area contributed by atoms with Crippen molar-refractivity contribution in [3.8, 4) is 0 Å². The zero-order valence-electron chi connectivity index (χ0n) is 10.4. The standard InChI is InChI=1S/C14H10N4O2/c19-14-13-12(9-3-1-2-4-10(9)20-13)16-11(17-14)7-18-6-5-15-8-18/h1-6,8H,7H2,(H,16,17,19). The Morgan fingerprint density at radius 1 is 1.30 bits per heavy atom. The zero-order chi connectivity index (χ0) is 13.5. The van der Waals surface area contributed by atoms with E-state index in [2.05, 4.69) is 15.0 Å². The molecule has 0 aliphatic heterocycles. The van der Waals surface area contributed by atoms with E-state index in [1.165, 1.54) is 0 Å². The molecule has 0 bridgehead atoms. The lowest BCUT2D eigenvalue weighted by atomic mass is 10.2. The third-order valence-electron chi connectivity index (χ3n) is 3.17. The molecule has 0 amide bonds. The number of aromatic amines is 1. The van der Waals surface area contributed by atoms with E-state index in [0.717, 1.165) is 5.39 Å². The van der Waals surface area contributed by atoms with Crippen molar-refractivity contribution in [2.45, 2.75) is 6.54 Å². The van der Waals surface area contributed by atoms with Crippen LogP contribution in [0.2, 0.25) is 0 Å². The third-order valence-corrected chi connectivity index (χ3v) is 3.17. The SMILES string of the molecule is O=c1[nH]c(Cn2ccnc2)nc2c1oc1ccccc12. The summed E-state index contributed by atoms with van der Waals surface area (Å²) in [4.78, 5) is 23.3. The summed E-state index contributed by atoms with van der Waals surface area (Å²) in [6.07, 6.45) is 5.18. The number of aromatic nitrogens is 4. The van der Waals surface area contributed by atoms with Crippen molar-refractivity contribution in [2.24, 2.45) is 0 Å². The number of nitrogens with zero attached hydrogens (tertiary/aromatic N) is 3. The van der Waals surface area contributed by atoms with Gasteiger partial charge in [-0.3, -0.25) is 4.79 Å². The average molecular weight is 266 g/mol. The molecule has 0 spiro atoms. The Balaban J connectivity index is 1.96. The summed E-state index contributed by atoms with van der Waals surface area (Å²) in [7, 11) is 0. The molecule has 98 valence electrons. The second-order valence-electron chi connectivity index (χ2n) is 4.52. The second-order valence-corrected chi connectivity index (χ2v) is 4.52. The highest BCUT2D eigenvalue weighted by molar-refractivity contribution is 6.01. The number of rotatable bonds is 2. The van der Waals surface area contributed by atoms with Crippen molar-refractivity contribution in [2.75, 3.05) is 0 Å². The average Bonchev–Trinajstić information content (AvgIpc) is 3.07. The maximum absolute atomic E-state index is 12.1. The lowest BCUT2D eigenvalue weighted by Gasteiger charge is -2.01. The summed E-state index contributed by atoms with van der Waals surface area (Å²) in [5, 5.41) is 0.848. The molecule has 3 aromatic heterocycles. The van der Waals surface area contributed by atoms with Gasteiger partial charge >= 0.3 is 0 Å². The molecular weight excluding hydrogens is 256 g/mol. The van der Waals surface area contributed by atoms with E-state index in [4.69, 9.17) is 4.42 Å². The molecule has 1 aromatic carbocycles. The fourth-order valence-electron chi connectivity index (χ4n) is 2.28. The summed E-state index contributed by atoms with van der Waals surface area (Å²) in [5.41, 5.74) is 1.27. The van der Waals surface area contributed by atoms with Gasteiger partial charge in [-0.05, 0) is 12.1 Å². The minimum absolute atomic E-state index is 0.263. The van der Waals surface area contributed by atoms with Gasteiger partial charge < -0.3 is 14.0 Å². The molecule has 0 aliphatic carbocycles. The maximum Gasteiger partial charge on any atom is 0.294 e. The van der Waals surface area contributed by atoms with Crippen molar-refractivity contribution in [1.82, 2.24) is 19.5 Å². The van der Waals surface area contributed by atoms with Gasteiger partial charge in [0.25, 0.3) is 5.56 Å². The molecule has 0 saturated heterocycles. The highest BCUT2D eigenvalue weighted by Crippen LogP contribution is 2.24. The number of hydrogen-bond acceptors (Lipinski definition) is 4. The van der Waals surface area contributed by atoms with Crippen LogP contribution in [0.15, 0.2) is 52.2 Å². The van der Waals surface area contributed by atoms with Gasteiger partial charge in [0.2, 0.25) is 5.58 Å². The third kappa shape index (κ3) is 1.62.